The molecule has 4 rings (SSSR count). The third kappa shape index (κ3) is 2.65. The molecule has 0 aliphatic carbocycles. The molecule has 0 atom stereocenters. The fourth-order valence-corrected chi connectivity index (χ4v) is 3.17. The molecule has 4 aromatic rings. The second kappa shape index (κ2) is 6.14. The van der Waals surface area contributed by atoms with Gasteiger partial charge in [-0.25, -0.2) is 4.68 Å². The molecule has 134 valence electrons. The molecular formula is C20H16N4O3. The van der Waals surface area contributed by atoms with Crippen LogP contribution in [0.25, 0.3) is 21.8 Å². The highest BCUT2D eigenvalue weighted by Crippen LogP contribution is 2.27. The fourth-order valence-electron chi connectivity index (χ4n) is 3.17. The van der Waals surface area contributed by atoms with Crippen LogP contribution in [0.3, 0.4) is 0 Å². The lowest BCUT2D eigenvalue weighted by Crippen LogP contribution is -2.42. The number of nitrogens with one attached hydrogen (secondary N) is 2. The number of rotatable bonds is 2. The van der Waals surface area contributed by atoms with Gasteiger partial charge in [0.2, 0.25) is 0 Å². The maximum Gasteiger partial charge on any atom is 0.335 e. The summed E-state index contributed by atoms with van der Waals surface area (Å²) in [5.74, 6) is -0.492. The summed E-state index contributed by atoms with van der Waals surface area (Å²) in [7, 11) is 0. The number of carbonyl (C=O) groups is 1. The van der Waals surface area contributed by atoms with Gasteiger partial charge in [-0.2, -0.15) is 0 Å². The number of benzene rings is 3. The predicted octanol–water partition coefficient (Wildman–Crippen LogP) is 2.12. The number of nitrogens with zero attached hydrogens (tertiary/aromatic N) is 1. The van der Waals surface area contributed by atoms with Gasteiger partial charge in [0, 0.05) is 22.0 Å². The summed E-state index contributed by atoms with van der Waals surface area (Å²) in [6, 6.07) is 15.8. The van der Waals surface area contributed by atoms with Crippen molar-refractivity contribution in [3.05, 3.63) is 86.4 Å². The summed E-state index contributed by atoms with van der Waals surface area (Å²) in [5, 5.41) is 1.43. The topological polar surface area (TPSA) is 110 Å². The number of anilines is 1. The molecule has 7 nitrogen and oxygen atoms in total. The highest BCUT2D eigenvalue weighted by Gasteiger charge is 2.16. The quantitative estimate of drug-likeness (QED) is 0.289. The van der Waals surface area contributed by atoms with E-state index >= 15 is 0 Å². The number of amides is 1. The van der Waals surface area contributed by atoms with E-state index in [1.165, 1.54) is 0 Å². The number of nitrogens with two attached hydrogens (primary N) is 1. The third-order valence-corrected chi connectivity index (χ3v) is 4.54. The van der Waals surface area contributed by atoms with Crippen molar-refractivity contribution < 1.29 is 4.79 Å². The third-order valence-electron chi connectivity index (χ3n) is 4.54. The zero-order valence-corrected chi connectivity index (χ0v) is 14.4. The summed E-state index contributed by atoms with van der Waals surface area (Å²) < 4.78 is 0.950. The van der Waals surface area contributed by atoms with E-state index in [0.717, 1.165) is 15.6 Å². The van der Waals surface area contributed by atoms with Crippen molar-refractivity contribution in [1.82, 2.24) is 9.66 Å². The van der Waals surface area contributed by atoms with Crippen molar-refractivity contribution in [2.24, 2.45) is 0 Å². The molecule has 4 N–H and O–H groups in total. The molecule has 0 unspecified atom stereocenters. The van der Waals surface area contributed by atoms with Crippen LogP contribution < -0.4 is 22.3 Å². The van der Waals surface area contributed by atoms with Crippen molar-refractivity contribution in [3.63, 3.8) is 0 Å². The molecule has 0 spiro atoms. The first-order valence-electron chi connectivity index (χ1n) is 8.30. The van der Waals surface area contributed by atoms with Crippen molar-refractivity contribution in [1.29, 1.82) is 0 Å². The second-order valence-corrected chi connectivity index (χ2v) is 6.26. The number of H-pyrrole nitrogens is 1. The molecule has 1 heterocycles. The Labute approximate surface area is 153 Å². The Hall–Kier alpha value is -3.87. The van der Waals surface area contributed by atoms with Crippen molar-refractivity contribution in [2.75, 3.05) is 11.2 Å². The van der Waals surface area contributed by atoms with Gasteiger partial charge < -0.3 is 10.7 Å². The van der Waals surface area contributed by atoms with Crippen LogP contribution in [0, 0.1) is 6.92 Å². The molecule has 1 amide bonds. The molecule has 0 saturated heterocycles. The van der Waals surface area contributed by atoms with Crippen LogP contribution >= 0.6 is 0 Å². The average Bonchev–Trinajstić information content (AvgIpc) is 2.67. The van der Waals surface area contributed by atoms with E-state index in [9.17, 15) is 14.4 Å². The van der Waals surface area contributed by atoms with E-state index in [-0.39, 0.29) is 0 Å². The minimum atomic E-state index is -0.890. The van der Waals surface area contributed by atoms with Crippen LogP contribution in [-0.4, -0.2) is 15.6 Å². The Morgan fingerprint density at radius 1 is 1.04 bits per heavy atom. The number of hydrogen-bond acceptors (Lipinski definition) is 4. The van der Waals surface area contributed by atoms with Gasteiger partial charge in [0.25, 0.3) is 5.91 Å². The maximum absolute atomic E-state index is 12.7. The Bertz CT molecular complexity index is 1330. The predicted molar refractivity (Wildman–Crippen MR) is 106 cm³/mol. The summed E-state index contributed by atoms with van der Waals surface area (Å²) >= 11 is 0. The molecule has 0 radical (unpaired) electrons. The number of fused-ring (bicyclic) bond motifs is 3. The molecule has 0 bridgehead atoms. The largest absolute Gasteiger partial charge is 0.398 e. The molecular weight excluding hydrogens is 344 g/mol. The van der Waals surface area contributed by atoms with Crippen LogP contribution in [0.2, 0.25) is 0 Å². The van der Waals surface area contributed by atoms with Gasteiger partial charge in [0.05, 0.1) is 11.0 Å². The second-order valence-electron chi connectivity index (χ2n) is 6.26. The number of carbonyl (C=O) groups excluding carboxylic acids is 1. The van der Waals surface area contributed by atoms with E-state index in [2.05, 4.69) is 10.4 Å². The molecule has 0 fully saturated rings. The van der Waals surface area contributed by atoms with E-state index in [1.54, 1.807) is 43.3 Å². The van der Waals surface area contributed by atoms with Gasteiger partial charge in [-0.3, -0.25) is 19.8 Å². The maximum atomic E-state index is 12.7. The number of aromatic nitrogens is 2. The summed E-state index contributed by atoms with van der Waals surface area (Å²) in [6.45, 7) is 1.79. The van der Waals surface area contributed by atoms with E-state index in [1.807, 2.05) is 18.2 Å². The van der Waals surface area contributed by atoms with Gasteiger partial charge in [-0.15, -0.1) is 0 Å². The summed E-state index contributed by atoms with van der Waals surface area (Å²) in [5.41, 5.74) is 9.27. The lowest BCUT2D eigenvalue weighted by molar-refractivity contribution is 0.101. The molecule has 1 aromatic heterocycles. The van der Waals surface area contributed by atoms with Gasteiger partial charge >= 0.3 is 11.1 Å². The van der Waals surface area contributed by atoms with Crippen molar-refractivity contribution >= 4 is 33.4 Å². The zero-order chi connectivity index (χ0) is 19.1. The monoisotopic (exact) mass is 360 g/mol. The van der Waals surface area contributed by atoms with Crippen molar-refractivity contribution in [2.45, 2.75) is 6.92 Å². The van der Waals surface area contributed by atoms with Crippen molar-refractivity contribution in [3.8, 4) is 0 Å². The zero-order valence-electron chi connectivity index (χ0n) is 14.4. The van der Waals surface area contributed by atoms with Gasteiger partial charge in [-0.1, -0.05) is 42.5 Å². The van der Waals surface area contributed by atoms with Crippen LogP contribution in [-0.2, 0) is 0 Å². The Morgan fingerprint density at radius 3 is 2.44 bits per heavy atom. The first-order valence-corrected chi connectivity index (χ1v) is 8.30. The number of aromatic amines is 1. The number of aryl methyl sites for hydroxylation is 1. The van der Waals surface area contributed by atoms with Crippen LogP contribution in [0.15, 0.2) is 64.2 Å². The van der Waals surface area contributed by atoms with E-state index < -0.39 is 17.0 Å². The van der Waals surface area contributed by atoms with Crippen LogP contribution in [0.1, 0.15) is 15.9 Å². The first kappa shape index (κ1) is 16.6. The molecule has 7 heteroatoms. The first-order chi connectivity index (χ1) is 13.0. The highest BCUT2D eigenvalue weighted by atomic mass is 16.2. The Kier molecular flexibility index (Phi) is 3.77. The molecule has 0 aliphatic rings. The smallest absolute Gasteiger partial charge is 0.335 e. The standard InChI is InChI=1S/C20H16N4O3/c1-11-6-2-3-7-12(11)18(25)23-24-16-10-15(21)13-8-4-5-9-14(13)17(16)22-19(26)20(24)27/h2-10H,21H2,1H3,(H,22,26)(H,23,25). The highest BCUT2D eigenvalue weighted by molar-refractivity contribution is 6.10. The Balaban J connectivity index is 1.99. The lowest BCUT2D eigenvalue weighted by Gasteiger charge is -2.14. The molecule has 0 saturated carbocycles. The average molecular weight is 360 g/mol. The lowest BCUT2D eigenvalue weighted by atomic mass is 10.1. The SMILES string of the molecule is Cc1ccccc1C(=O)Nn1c(=O)c(=O)[nH]c2c3ccccc3c(N)cc21. The normalized spacial score (nSPS) is 11.0. The minimum Gasteiger partial charge on any atom is -0.398 e. The molecule has 3 aromatic carbocycles. The molecule has 0 aliphatic heterocycles. The van der Waals surface area contributed by atoms with Gasteiger partial charge in [0.1, 0.15) is 0 Å². The van der Waals surface area contributed by atoms with E-state index in [0.29, 0.717) is 27.7 Å². The minimum absolute atomic E-state index is 0.317. The van der Waals surface area contributed by atoms with Gasteiger partial charge in [0.15, 0.2) is 0 Å². The van der Waals surface area contributed by atoms with Crippen LogP contribution in [0.5, 0.6) is 0 Å². The Morgan fingerprint density at radius 2 is 1.70 bits per heavy atom. The van der Waals surface area contributed by atoms with Gasteiger partial charge in [-0.05, 0) is 24.6 Å². The van der Waals surface area contributed by atoms with Crippen LogP contribution in [0.4, 0.5) is 5.69 Å². The fraction of sp³-hybridized carbons (Fsp3) is 0.0500. The number of hydrogen-bond donors (Lipinski definition) is 3. The van der Waals surface area contributed by atoms with E-state index in [4.69, 9.17) is 5.73 Å². The molecule has 27 heavy (non-hydrogen) atoms. The summed E-state index contributed by atoms with van der Waals surface area (Å²) in [6.07, 6.45) is 0. The number of nitrogen functional groups attached to an aromatic ring is 1. The summed E-state index contributed by atoms with van der Waals surface area (Å²) in [4.78, 5) is 39.9.